The molecule has 1 rings (SSSR count). The van der Waals surface area contributed by atoms with Gasteiger partial charge in [0, 0.05) is 18.8 Å². The second kappa shape index (κ2) is 5.61. The van der Waals surface area contributed by atoms with Crippen molar-refractivity contribution in [3.8, 4) is 0 Å². The molecule has 0 aromatic rings. The summed E-state index contributed by atoms with van der Waals surface area (Å²) in [7, 11) is 1.83. The molecule has 1 saturated heterocycles. The van der Waals surface area contributed by atoms with Crippen LogP contribution in [-0.4, -0.2) is 48.5 Å². The molecule has 1 fully saturated rings. The number of carbonyl (C=O) groups excluding carboxylic acids is 1. The molecule has 1 heterocycles. The second-order valence-corrected chi connectivity index (χ2v) is 5.12. The molecule has 0 radical (unpaired) electrons. The highest BCUT2D eigenvalue weighted by molar-refractivity contribution is 7.99. The fraction of sp³-hybridized carbons (Fsp3) is 0.900. The zero-order valence-corrected chi connectivity index (χ0v) is 10.1. The van der Waals surface area contributed by atoms with Gasteiger partial charge in [-0.2, -0.15) is 11.8 Å². The maximum Gasteiger partial charge on any atom is 0.239 e. The molecule has 1 aliphatic rings. The van der Waals surface area contributed by atoms with Crippen LogP contribution >= 0.6 is 11.8 Å². The summed E-state index contributed by atoms with van der Waals surface area (Å²) in [4.78, 5) is 13.9. The monoisotopic (exact) mass is 216 g/mol. The minimum Gasteiger partial charge on any atom is -0.340 e. The van der Waals surface area contributed by atoms with Gasteiger partial charge in [-0.05, 0) is 25.6 Å². The first-order chi connectivity index (χ1) is 6.65. The number of rotatable bonds is 2. The van der Waals surface area contributed by atoms with Gasteiger partial charge in [-0.25, -0.2) is 0 Å². The smallest absolute Gasteiger partial charge is 0.239 e. The summed E-state index contributed by atoms with van der Waals surface area (Å²) in [6, 6.07) is -0.0506. The average Bonchev–Trinajstić information content (AvgIpc) is 2.40. The summed E-state index contributed by atoms with van der Waals surface area (Å²) in [5.41, 5.74) is 0. The standard InChI is InChI=1S/C10H20N2OS/c1-8-6-12(4-5-14-7-8)10(13)9(2)11-3/h8-9,11H,4-7H2,1-3H3. The second-order valence-electron chi connectivity index (χ2n) is 3.97. The Labute approximate surface area is 90.6 Å². The van der Waals surface area contributed by atoms with E-state index in [1.54, 1.807) is 0 Å². The third kappa shape index (κ3) is 3.17. The van der Waals surface area contributed by atoms with Gasteiger partial charge in [-0.1, -0.05) is 6.92 Å². The lowest BCUT2D eigenvalue weighted by Crippen LogP contribution is -2.45. The van der Waals surface area contributed by atoms with Crippen LogP contribution in [0.5, 0.6) is 0 Å². The molecule has 0 spiro atoms. The molecular formula is C10H20N2OS. The molecule has 4 heteroatoms. The van der Waals surface area contributed by atoms with E-state index in [-0.39, 0.29) is 11.9 Å². The minimum absolute atomic E-state index is 0.0506. The average molecular weight is 216 g/mol. The number of hydrogen-bond acceptors (Lipinski definition) is 3. The van der Waals surface area contributed by atoms with Crippen molar-refractivity contribution >= 4 is 17.7 Å². The van der Waals surface area contributed by atoms with Crippen LogP contribution in [0.25, 0.3) is 0 Å². The minimum atomic E-state index is -0.0506. The van der Waals surface area contributed by atoms with Gasteiger partial charge in [0.15, 0.2) is 0 Å². The van der Waals surface area contributed by atoms with Gasteiger partial charge in [-0.3, -0.25) is 4.79 Å². The largest absolute Gasteiger partial charge is 0.340 e. The van der Waals surface area contributed by atoms with E-state index in [0.29, 0.717) is 5.92 Å². The molecule has 0 aromatic heterocycles. The molecule has 0 saturated carbocycles. The van der Waals surface area contributed by atoms with E-state index in [2.05, 4.69) is 12.2 Å². The molecular weight excluding hydrogens is 196 g/mol. The SMILES string of the molecule is CNC(C)C(=O)N1CCSCC(C)C1. The summed E-state index contributed by atoms with van der Waals surface area (Å²) >= 11 is 1.95. The topological polar surface area (TPSA) is 32.3 Å². The molecule has 14 heavy (non-hydrogen) atoms. The maximum absolute atomic E-state index is 11.9. The lowest BCUT2D eigenvalue weighted by atomic mass is 10.2. The predicted molar refractivity (Wildman–Crippen MR) is 61.6 cm³/mol. The molecule has 82 valence electrons. The maximum atomic E-state index is 11.9. The molecule has 0 bridgehead atoms. The van der Waals surface area contributed by atoms with Crippen molar-refractivity contribution in [1.82, 2.24) is 10.2 Å². The summed E-state index contributed by atoms with van der Waals surface area (Å²) < 4.78 is 0. The summed E-state index contributed by atoms with van der Waals surface area (Å²) in [6.45, 7) is 5.95. The Balaban J connectivity index is 2.52. The first kappa shape index (κ1) is 11.9. The Morgan fingerprint density at radius 3 is 3.00 bits per heavy atom. The molecule has 1 amide bonds. The van der Waals surface area contributed by atoms with Gasteiger partial charge in [0.2, 0.25) is 5.91 Å². The van der Waals surface area contributed by atoms with E-state index in [9.17, 15) is 4.79 Å². The molecule has 1 N–H and O–H groups in total. The van der Waals surface area contributed by atoms with Crippen LogP contribution in [0.4, 0.5) is 0 Å². The molecule has 1 aliphatic heterocycles. The van der Waals surface area contributed by atoms with E-state index in [1.165, 1.54) is 5.75 Å². The number of nitrogens with one attached hydrogen (secondary N) is 1. The van der Waals surface area contributed by atoms with Crippen LogP contribution in [0.3, 0.4) is 0 Å². The summed E-state index contributed by atoms with van der Waals surface area (Å²) in [6.07, 6.45) is 0. The Kier molecular flexibility index (Phi) is 4.75. The highest BCUT2D eigenvalue weighted by atomic mass is 32.2. The van der Waals surface area contributed by atoms with Crippen LogP contribution in [0.2, 0.25) is 0 Å². The number of nitrogens with zero attached hydrogens (tertiary/aromatic N) is 1. The van der Waals surface area contributed by atoms with E-state index >= 15 is 0 Å². The fourth-order valence-electron chi connectivity index (χ4n) is 1.58. The number of thioether (sulfide) groups is 1. The van der Waals surface area contributed by atoms with E-state index < -0.39 is 0 Å². The van der Waals surface area contributed by atoms with E-state index in [4.69, 9.17) is 0 Å². The predicted octanol–water partition coefficient (Wildman–Crippen LogP) is 0.806. The Morgan fingerprint density at radius 1 is 1.64 bits per heavy atom. The van der Waals surface area contributed by atoms with Crippen molar-refractivity contribution in [2.45, 2.75) is 19.9 Å². The molecule has 3 nitrogen and oxygen atoms in total. The number of likely N-dealkylation sites (N-methyl/N-ethyl adjacent to an activating group) is 1. The van der Waals surface area contributed by atoms with Crippen molar-refractivity contribution < 1.29 is 4.79 Å². The fourth-order valence-corrected chi connectivity index (χ4v) is 2.60. The molecule has 2 unspecified atom stereocenters. The zero-order chi connectivity index (χ0) is 10.6. The van der Waals surface area contributed by atoms with Gasteiger partial charge in [0.05, 0.1) is 6.04 Å². The van der Waals surface area contributed by atoms with Crippen LogP contribution in [0, 0.1) is 5.92 Å². The summed E-state index contributed by atoms with van der Waals surface area (Å²) in [5, 5.41) is 3.00. The van der Waals surface area contributed by atoms with Crippen LogP contribution < -0.4 is 5.32 Å². The normalized spacial score (nSPS) is 25.6. The van der Waals surface area contributed by atoms with Gasteiger partial charge in [0.25, 0.3) is 0 Å². The van der Waals surface area contributed by atoms with Gasteiger partial charge in [0.1, 0.15) is 0 Å². The van der Waals surface area contributed by atoms with Crippen molar-refractivity contribution in [1.29, 1.82) is 0 Å². The quantitative estimate of drug-likeness (QED) is 0.741. The third-order valence-corrected chi connectivity index (χ3v) is 3.83. The summed E-state index contributed by atoms with van der Waals surface area (Å²) in [5.74, 6) is 3.11. The van der Waals surface area contributed by atoms with Crippen molar-refractivity contribution in [2.24, 2.45) is 5.92 Å². The molecule has 0 aromatic carbocycles. The van der Waals surface area contributed by atoms with Crippen LogP contribution in [0.15, 0.2) is 0 Å². The Morgan fingerprint density at radius 2 is 2.36 bits per heavy atom. The number of carbonyl (C=O) groups is 1. The van der Waals surface area contributed by atoms with E-state index in [0.717, 1.165) is 18.8 Å². The van der Waals surface area contributed by atoms with Crippen LogP contribution in [-0.2, 0) is 4.79 Å². The van der Waals surface area contributed by atoms with Crippen molar-refractivity contribution in [3.05, 3.63) is 0 Å². The number of hydrogen-bond donors (Lipinski definition) is 1. The first-order valence-electron chi connectivity index (χ1n) is 5.19. The lowest BCUT2D eigenvalue weighted by Gasteiger charge is -2.25. The van der Waals surface area contributed by atoms with Gasteiger partial charge >= 0.3 is 0 Å². The van der Waals surface area contributed by atoms with Crippen molar-refractivity contribution in [3.63, 3.8) is 0 Å². The lowest BCUT2D eigenvalue weighted by molar-refractivity contribution is -0.133. The van der Waals surface area contributed by atoms with Crippen LogP contribution in [0.1, 0.15) is 13.8 Å². The third-order valence-electron chi connectivity index (χ3n) is 2.56. The zero-order valence-electron chi connectivity index (χ0n) is 9.25. The van der Waals surface area contributed by atoms with Crippen molar-refractivity contribution in [2.75, 3.05) is 31.6 Å². The highest BCUT2D eigenvalue weighted by Gasteiger charge is 2.22. The van der Waals surface area contributed by atoms with E-state index in [1.807, 2.05) is 30.6 Å². The van der Waals surface area contributed by atoms with Gasteiger partial charge < -0.3 is 10.2 Å². The Bertz CT molecular complexity index is 199. The highest BCUT2D eigenvalue weighted by Crippen LogP contribution is 2.15. The molecule has 2 atom stereocenters. The molecule has 0 aliphatic carbocycles. The Hall–Kier alpha value is -0.220. The number of amides is 1. The first-order valence-corrected chi connectivity index (χ1v) is 6.34. The van der Waals surface area contributed by atoms with Gasteiger partial charge in [-0.15, -0.1) is 0 Å².